The average molecular weight is 280 g/mol. The Kier molecular flexibility index (Phi) is 5.24. The predicted octanol–water partition coefficient (Wildman–Crippen LogP) is 2.61. The molecule has 0 heterocycles. The second-order valence-electron chi connectivity index (χ2n) is 6.26. The largest absolute Gasteiger partial charge is 0.391 e. The van der Waals surface area contributed by atoms with Gasteiger partial charge in [0.05, 0.1) is 12.5 Å². The summed E-state index contributed by atoms with van der Waals surface area (Å²) in [5.74, 6) is -1.35. The van der Waals surface area contributed by atoms with Crippen LogP contribution in [-0.2, 0) is 4.79 Å². The van der Waals surface area contributed by atoms with E-state index in [9.17, 15) is 18.0 Å². The van der Waals surface area contributed by atoms with Crippen LogP contribution in [0.4, 0.5) is 13.2 Å². The van der Waals surface area contributed by atoms with Gasteiger partial charge in [-0.2, -0.15) is 13.2 Å². The van der Waals surface area contributed by atoms with Crippen molar-refractivity contribution in [3.05, 3.63) is 0 Å². The zero-order valence-electron chi connectivity index (χ0n) is 11.7. The van der Waals surface area contributed by atoms with Gasteiger partial charge in [-0.1, -0.05) is 0 Å². The van der Waals surface area contributed by atoms with E-state index < -0.39 is 12.1 Å². The summed E-state index contributed by atoms with van der Waals surface area (Å²) in [4.78, 5) is 11.6. The van der Waals surface area contributed by atoms with Crippen molar-refractivity contribution in [2.75, 3.05) is 6.54 Å². The van der Waals surface area contributed by atoms with Gasteiger partial charge in [0.1, 0.15) is 0 Å². The lowest BCUT2D eigenvalue weighted by Crippen LogP contribution is -2.47. The summed E-state index contributed by atoms with van der Waals surface area (Å²) in [5, 5.41) is 5.85. The molecule has 0 aromatic heterocycles. The maximum Gasteiger partial charge on any atom is 0.391 e. The quantitative estimate of drug-likeness (QED) is 0.834. The first-order valence-electron chi connectivity index (χ1n) is 6.69. The number of amides is 1. The van der Waals surface area contributed by atoms with Crippen molar-refractivity contribution in [3.63, 3.8) is 0 Å². The molecule has 1 rings (SSSR count). The molecule has 1 saturated carbocycles. The normalized spacial score (nSPS) is 25.2. The van der Waals surface area contributed by atoms with Gasteiger partial charge in [-0.25, -0.2) is 0 Å². The van der Waals surface area contributed by atoms with E-state index in [2.05, 4.69) is 10.6 Å². The summed E-state index contributed by atoms with van der Waals surface area (Å²) >= 11 is 0. The third-order valence-electron chi connectivity index (χ3n) is 3.33. The highest BCUT2D eigenvalue weighted by Crippen LogP contribution is 2.37. The number of hydrogen-bond donors (Lipinski definition) is 2. The molecule has 2 N–H and O–H groups in total. The molecule has 112 valence electrons. The van der Waals surface area contributed by atoms with Gasteiger partial charge in [0.25, 0.3) is 0 Å². The Balaban J connectivity index is 2.28. The van der Waals surface area contributed by atoms with Crippen LogP contribution >= 0.6 is 0 Å². The van der Waals surface area contributed by atoms with E-state index in [0.29, 0.717) is 12.8 Å². The molecule has 6 heteroatoms. The Labute approximate surface area is 112 Å². The summed E-state index contributed by atoms with van der Waals surface area (Å²) in [6, 6.07) is -0.118. The number of carbonyl (C=O) groups is 1. The number of hydrogen-bond acceptors (Lipinski definition) is 2. The maximum absolute atomic E-state index is 12.5. The highest BCUT2D eigenvalue weighted by molar-refractivity contribution is 5.78. The van der Waals surface area contributed by atoms with Crippen LogP contribution in [0.1, 0.15) is 46.5 Å². The number of halogens is 3. The van der Waals surface area contributed by atoms with E-state index in [1.165, 1.54) is 0 Å². The van der Waals surface area contributed by atoms with Gasteiger partial charge in [-0.05, 0) is 46.5 Å². The number of alkyl halides is 3. The van der Waals surface area contributed by atoms with Gasteiger partial charge >= 0.3 is 6.18 Å². The fraction of sp³-hybridized carbons (Fsp3) is 0.923. The third kappa shape index (κ3) is 6.27. The molecule has 1 aliphatic rings. The monoisotopic (exact) mass is 280 g/mol. The highest BCUT2D eigenvalue weighted by Gasteiger charge is 2.41. The maximum atomic E-state index is 12.5. The lowest BCUT2D eigenvalue weighted by atomic mass is 9.85. The minimum absolute atomic E-state index is 0.112. The molecule has 1 aliphatic carbocycles. The molecule has 1 amide bonds. The Morgan fingerprint density at radius 2 is 1.63 bits per heavy atom. The molecule has 0 atom stereocenters. The molecular formula is C13H23F3N2O. The van der Waals surface area contributed by atoms with Crippen LogP contribution < -0.4 is 10.6 Å². The van der Waals surface area contributed by atoms with Crippen LogP contribution in [0, 0.1) is 5.92 Å². The Bertz CT molecular complexity index is 302. The van der Waals surface area contributed by atoms with Crippen molar-refractivity contribution in [1.29, 1.82) is 0 Å². The molecule has 1 fully saturated rings. The van der Waals surface area contributed by atoms with E-state index in [-0.39, 0.29) is 36.9 Å². The average Bonchev–Trinajstić information content (AvgIpc) is 2.25. The standard InChI is InChI=1S/C13H23F3N2O/c1-12(2,3)17-8-11(19)18-10-6-4-9(5-7-10)13(14,15)16/h9-10,17H,4-8H2,1-3H3,(H,18,19). The fourth-order valence-corrected chi connectivity index (χ4v) is 2.19. The number of carbonyl (C=O) groups excluding carboxylic acids is 1. The minimum Gasteiger partial charge on any atom is -0.352 e. The van der Waals surface area contributed by atoms with E-state index in [0.717, 1.165) is 0 Å². The van der Waals surface area contributed by atoms with E-state index in [1.807, 2.05) is 20.8 Å². The highest BCUT2D eigenvalue weighted by atomic mass is 19.4. The third-order valence-corrected chi connectivity index (χ3v) is 3.33. The van der Waals surface area contributed by atoms with Gasteiger partial charge in [-0.3, -0.25) is 4.79 Å². The van der Waals surface area contributed by atoms with Gasteiger partial charge in [0.15, 0.2) is 0 Å². The topological polar surface area (TPSA) is 41.1 Å². The van der Waals surface area contributed by atoms with E-state index in [1.54, 1.807) is 0 Å². The summed E-state index contributed by atoms with van der Waals surface area (Å²) < 4.78 is 37.5. The number of nitrogens with one attached hydrogen (secondary N) is 2. The van der Waals surface area contributed by atoms with Gasteiger partial charge in [0.2, 0.25) is 5.91 Å². The molecule has 0 unspecified atom stereocenters. The summed E-state index contributed by atoms with van der Waals surface area (Å²) in [5.41, 5.74) is -0.148. The second-order valence-corrected chi connectivity index (χ2v) is 6.26. The fourth-order valence-electron chi connectivity index (χ4n) is 2.19. The van der Waals surface area contributed by atoms with Crippen LogP contribution in [0.2, 0.25) is 0 Å². The second kappa shape index (κ2) is 6.11. The molecule has 0 spiro atoms. The Morgan fingerprint density at radius 3 is 2.05 bits per heavy atom. The van der Waals surface area contributed by atoms with Crippen molar-refractivity contribution in [2.24, 2.45) is 5.92 Å². The van der Waals surface area contributed by atoms with Crippen molar-refractivity contribution < 1.29 is 18.0 Å². The molecular weight excluding hydrogens is 257 g/mol. The summed E-state index contributed by atoms with van der Waals surface area (Å²) in [7, 11) is 0. The van der Waals surface area contributed by atoms with E-state index in [4.69, 9.17) is 0 Å². The smallest absolute Gasteiger partial charge is 0.352 e. The first-order valence-corrected chi connectivity index (χ1v) is 6.69. The van der Waals surface area contributed by atoms with Gasteiger partial charge in [-0.15, -0.1) is 0 Å². The predicted molar refractivity (Wildman–Crippen MR) is 67.7 cm³/mol. The molecule has 3 nitrogen and oxygen atoms in total. The van der Waals surface area contributed by atoms with Crippen molar-refractivity contribution in [3.8, 4) is 0 Å². The summed E-state index contributed by atoms with van der Waals surface area (Å²) in [6.07, 6.45) is -3.05. The van der Waals surface area contributed by atoms with Crippen LogP contribution in [-0.4, -0.2) is 30.2 Å². The van der Waals surface area contributed by atoms with E-state index >= 15 is 0 Å². The Hall–Kier alpha value is -0.780. The molecule has 0 aromatic rings. The molecule has 0 aromatic carbocycles. The first-order chi connectivity index (χ1) is 8.58. The van der Waals surface area contributed by atoms with Crippen molar-refractivity contribution >= 4 is 5.91 Å². The molecule has 19 heavy (non-hydrogen) atoms. The van der Waals surface area contributed by atoms with Gasteiger partial charge < -0.3 is 10.6 Å². The SMILES string of the molecule is CC(C)(C)NCC(=O)NC1CCC(C(F)(F)F)CC1. The first kappa shape index (κ1) is 16.3. The lowest BCUT2D eigenvalue weighted by molar-refractivity contribution is -0.182. The molecule has 0 aliphatic heterocycles. The van der Waals surface area contributed by atoms with Crippen LogP contribution in [0.5, 0.6) is 0 Å². The number of rotatable bonds is 3. The zero-order chi connectivity index (χ0) is 14.7. The van der Waals surface area contributed by atoms with Crippen molar-refractivity contribution in [1.82, 2.24) is 10.6 Å². The zero-order valence-corrected chi connectivity index (χ0v) is 11.7. The van der Waals surface area contributed by atoms with Crippen molar-refractivity contribution in [2.45, 2.75) is 64.2 Å². The van der Waals surface area contributed by atoms with Crippen LogP contribution in [0.25, 0.3) is 0 Å². The van der Waals surface area contributed by atoms with Crippen LogP contribution in [0.15, 0.2) is 0 Å². The minimum atomic E-state index is -4.09. The Morgan fingerprint density at radius 1 is 1.11 bits per heavy atom. The molecule has 0 radical (unpaired) electrons. The molecule has 0 bridgehead atoms. The lowest BCUT2D eigenvalue weighted by Gasteiger charge is -2.30. The van der Waals surface area contributed by atoms with Gasteiger partial charge in [0, 0.05) is 11.6 Å². The van der Waals surface area contributed by atoms with Crippen LogP contribution in [0.3, 0.4) is 0 Å². The summed E-state index contributed by atoms with van der Waals surface area (Å²) in [6.45, 7) is 6.06. The molecule has 0 saturated heterocycles.